The van der Waals surface area contributed by atoms with E-state index in [1.807, 2.05) is 0 Å². The molecule has 1 N–H and O–H groups in total. The lowest BCUT2D eigenvalue weighted by Crippen LogP contribution is -2.42. The monoisotopic (exact) mass is 242 g/mol. The lowest BCUT2D eigenvalue weighted by molar-refractivity contribution is 0.138. The van der Waals surface area contributed by atoms with Gasteiger partial charge in [0.25, 0.3) is 0 Å². The third kappa shape index (κ3) is 3.38. The number of hydrogen-bond acceptors (Lipinski definition) is 3. The van der Waals surface area contributed by atoms with Gasteiger partial charge in [-0.05, 0) is 58.3 Å². The minimum atomic E-state index is 0.894. The van der Waals surface area contributed by atoms with Gasteiger partial charge >= 0.3 is 0 Å². The van der Waals surface area contributed by atoms with Gasteiger partial charge in [0.05, 0.1) is 0 Å². The van der Waals surface area contributed by atoms with Crippen molar-refractivity contribution in [3.63, 3.8) is 0 Å². The molecule has 0 bridgehead atoms. The van der Waals surface area contributed by atoms with E-state index in [4.69, 9.17) is 0 Å². The van der Waals surface area contributed by atoms with E-state index in [0.29, 0.717) is 0 Å². The van der Waals surface area contributed by atoms with Crippen LogP contribution in [0.2, 0.25) is 0 Å². The predicted molar refractivity (Wildman–Crippen MR) is 73.2 cm³/mol. The van der Waals surface area contributed by atoms with Crippen LogP contribution in [0.25, 0.3) is 0 Å². The molecule has 3 heteroatoms. The van der Waals surface area contributed by atoms with Crippen molar-refractivity contribution in [3.05, 3.63) is 0 Å². The summed E-state index contributed by atoms with van der Waals surface area (Å²) in [6.45, 7) is 6.28. The molecule has 0 aromatic heterocycles. The molecule has 2 aliphatic rings. The van der Waals surface area contributed by atoms with E-state index in [9.17, 15) is 0 Å². The molecule has 2 rings (SSSR count). The number of thioether (sulfide) groups is 1. The van der Waals surface area contributed by atoms with Crippen molar-refractivity contribution in [1.82, 2.24) is 10.2 Å². The average Bonchev–Trinajstić information content (AvgIpc) is 2.74. The van der Waals surface area contributed by atoms with Gasteiger partial charge in [-0.2, -0.15) is 11.8 Å². The molecule has 0 aliphatic carbocycles. The van der Waals surface area contributed by atoms with Crippen LogP contribution in [0.4, 0.5) is 0 Å². The Morgan fingerprint density at radius 3 is 2.62 bits per heavy atom. The zero-order valence-corrected chi connectivity index (χ0v) is 11.6. The number of rotatable bonds is 4. The van der Waals surface area contributed by atoms with Crippen LogP contribution in [-0.2, 0) is 0 Å². The molecular weight excluding hydrogens is 216 g/mol. The molecule has 2 unspecified atom stereocenters. The first kappa shape index (κ1) is 12.7. The van der Waals surface area contributed by atoms with Gasteiger partial charge in [-0.1, -0.05) is 6.92 Å². The van der Waals surface area contributed by atoms with E-state index in [-0.39, 0.29) is 0 Å². The van der Waals surface area contributed by atoms with Crippen molar-refractivity contribution in [2.24, 2.45) is 5.92 Å². The fourth-order valence-electron chi connectivity index (χ4n) is 3.00. The molecule has 94 valence electrons. The number of likely N-dealkylation sites (tertiary alicyclic amines) is 1. The van der Waals surface area contributed by atoms with Crippen molar-refractivity contribution >= 4 is 11.8 Å². The Balaban J connectivity index is 1.68. The first-order chi connectivity index (χ1) is 7.79. The van der Waals surface area contributed by atoms with E-state index >= 15 is 0 Å². The van der Waals surface area contributed by atoms with E-state index in [1.54, 1.807) is 0 Å². The summed E-state index contributed by atoms with van der Waals surface area (Å²) < 4.78 is 0. The number of nitrogens with one attached hydrogen (secondary N) is 1. The summed E-state index contributed by atoms with van der Waals surface area (Å²) in [5.41, 5.74) is 0. The van der Waals surface area contributed by atoms with Crippen LogP contribution in [0.15, 0.2) is 0 Å². The van der Waals surface area contributed by atoms with Crippen LogP contribution >= 0.6 is 11.8 Å². The smallest absolute Gasteiger partial charge is 0.0196 e. The second-order valence-corrected chi connectivity index (χ2v) is 6.88. The number of hydrogen-bond donors (Lipinski definition) is 1. The largest absolute Gasteiger partial charge is 0.320 e. The molecule has 0 radical (unpaired) electrons. The normalized spacial score (nSPS) is 33.4. The Morgan fingerprint density at radius 1 is 1.31 bits per heavy atom. The Kier molecular flexibility index (Phi) is 4.98. The molecule has 0 aromatic carbocycles. The highest BCUT2D eigenvalue weighted by atomic mass is 32.2. The Labute approximate surface area is 105 Å². The minimum Gasteiger partial charge on any atom is -0.320 e. The minimum absolute atomic E-state index is 0.894. The molecule has 16 heavy (non-hydrogen) atoms. The second kappa shape index (κ2) is 6.27. The van der Waals surface area contributed by atoms with Gasteiger partial charge in [-0.25, -0.2) is 0 Å². The fraction of sp³-hybridized carbons (Fsp3) is 1.00. The Morgan fingerprint density at radius 2 is 2.06 bits per heavy atom. The lowest BCUT2D eigenvalue weighted by Gasteiger charge is -2.35. The fourth-order valence-corrected chi connectivity index (χ4v) is 4.26. The van der Waals surface area contributed by atoms with Crippen molar-refractivity contribution in [3.8, 4) is 0 Å². The summed E-state index contributed by atoms with van der Waals surface area (Å²) in [5, 5.41) is 4.17. The summed E-state index contributed by atoms with van der Waals surface area (Å²) in [6, 6.07) is 0.894. The van der Waals surface area contributed by atoms with Gasteiger partial charge in [-0.15, -0.1) is 0 Å². The molecule has 0 aromatic rings. The third-order valence-electron chi connectivity index (χ3n) is 4.15. The van der Waals surface area contributed by atoms with Gasteiger partial charge < -0.3 is 5.32 Å². The lowest BCUT2D eigenvalue weighted by atomic mass is 9.92. The summed E-state index contributed by atoms with van der Waals surface area (Å²) in [4.78, 5) is 2.76. The van der Waals surface area contributed by atoms with E-state index < -0.39 is 0 Å². The molecular formula is C13H26N2S. The third-order valence-corrected chi connectivity index (χ3v) is 5.48. The topological polar surface area (TPSA) is 15.3 Å². The highest BCUT2D eigenvalue weighted by molar-refractivity contribution is 8.00. The Hall–Kier alpha value is 0.270. The first-order valence-corrected chi connectivity index (χ1v) is 7.84. The summed E-state index contributed by atoms with van der Waals surface area (Å²) >= 11 is 2.16. The maximum Gasteiger partial charge on any atom is 0.0196 e. The highest BCUT2D eigenvalue weighted by Gasteiger charge is 2.29. The highest BCUT2D eigenvalue weighted by Crippen LogP contribution is 2.32. The van der Waals surface area contributed by atoms with Gasteiger partial charge in [0.2, 0.25) is 0 Å². The average molecular weight is 242 g/mol. The standard InChI is InChI=1S/C13H26N2S/c1-11-9-13(10-16-11)15-7-4-12(5-8-15)3-6-14-2/h11-14H,3-10H2,1-2H3. The summed E-state index contributed by atoms with van der Waals surface area (Å²) in [6.07, 6.45) is 5.65. The first-order valence-electron chi connectivity index (χ1n) is 6.80. The molecule has 2 fully saturated rings. The van der Waals surface area contributed by atoms with Crippen LogP contribution in [0.3, 0.4) is 0 Å². The molecule has 2 heterocycles. The maximum atomic E-state index is 3.27. The molecule has 0 saturated carbocycles. The van der Waals surface area contributed by atoms with E-state index in [0.717, 1.165) is 17.2 Å². The molecule has 2 aliphatic heterocycles. The van der Waals surface area contributed by atoms with Crippen LogP contribution in [-0.4, -0.2) is 48.6 Å². The zero-order chi connectivity index (χ0) is 11.4. The van der Waals surface area contributed by atoms with Crippen LogP contribution in [0.1, 0.15) is 32.6 Å². The van der Waals surface area contributed by atoms with Crippen molar-refractivity contribution in [2.75, 3.05) is 32.4 Å². The van der Waals surface area contributed by atoms with Gasteiger partial charge in [-0.3, -0.25) is 4.90 Å². The summed E-state index contributed by atoms with van der Waals surface area (Å²) in [5.74, 6) is 2.36. The number of nitrogens with zero attached hydrogens (tertiary/aromatic N) is 1. The van der Waals surface area contributed by atoms with Crippen molar-refractivity contribution < 1.29 is 0 Å². The van der Waals surface area contributed by atoms with Gasteiger partial charge in [0, 0.05) is 17.0 Å². The Bertz CT molecular complexity index is 202. The number of piperidine rings is 1. The quantitative estimate of drug-likeness (QED) is 0.814. The van der Waals surface area contributed by atoms with Crippen LogP contribution < -0.4 is 5.32 Å². The molecule has 0 amide bonds. The van der Waals surface area contributed by atoms with E-state index in [1.165, 1.54) is 51.1 Å². The predicted octanol–water partition coefficient (Wildman–Crippen LogP) is 2.20. The van der Waals surface area contributed by atoms with Crippen LogP contribution in [0, 0.1) is 5.92 Å². The summed E-state index contributed by atoms with van der Waals surface area (Å²) in [7, 11) is 2.06. The molecule has 0 spiro atoms. The van der Waals surface area contributed by atoms with Crippen molar-refractivity contribution in [1.29, 1.82) is 0 Å². The van der Waals surface area contributed by atoms with Gasteiger partial charge in [0.1, 0.15) is 0 Å². The van der Waals surface area contributed by atoms with Crippen molar-refractivity contribution in [2.45, 2.75) is 43.9 Å². The zero-order valence-electron chi connectivity index (χ0n) is 10.7. The second-order valence-electron chi connectivity index (χ2n) is 5.41. The molecule has 2 nitrogen and oxygen atoms in total. The maximum absolute atomic E-state index is 3.27. The van der Waals surface area contributed by atoms with Gasteiger partial charge in [0.15, 0.2) is 0 Å². The SMILES string of the molecule is CNCCC1CCN(C2CSC(C)C2)CC1. The molecule has 2 saturated heterocycles. The molecule has 2 atom stereocenters. The van der Waals surface area contributed by atoms with E-state index in [2.05, 4.69) is 35.9 Å². The van der Waals surface area contributed by atoms with Crippen LogP contribution in [0.5, 0.6) is 0 Å².